The summed E-state index contributed by atoms with van der Waals surface area (Å²) in [6.45, 7) is 6.72. The van der Waals surface area contributed by atoms with Gasteiger partial charge in [-0.3, -0.25) is 14.5 Å². The molecule has 1 saturated heterocycles. The second-order valence-corrected chi connectivity index (χ2v) is 9.71. The third-order valence-electron chi connectivity index (χ3n) is 7.16. The quantitative estimate of drug-likeness (QED) is 0.680. The molecule has 34 heavy (non-hydrogen) atoms. The molecule has 0 bridgehead atoms. The lowest BCUT2D eigenvalue weighted by Gasteiger charge is -2.23. The molecule has 0 spiro atoms. The Bertz CT molecular complexity index is 1110. The Kier molecular flexibility index (Phi) is 7.60. The van der Waals surface area contributed by atoms with Gasteiger partial charge in [0.25, 0.3) is 5.91 Å². The maximum atomic E-state index is 13.1. The Morgan fingerprint density at radius 2 is 1.82 bits per heavy atom. The summed E-state index contributed by atoms with van der Waals surface area (Å²) >= 11 is 6.22. The normalized spacial score (nSPS) is 17.4. The van der Waals surface area contributed by atoms with Crippen LogP contribution in [-0.2, 0) is 4.79 Å². The van der Waals surface area contributed by atoms with Gasteiger partial charge in [0.2, 0.25) is 5.91 Å². The Balaban J connectivity index is 1.41. The van der Waals surface area contributed by atoms with E-state index in [4.69, 9.17) is 11.6 Å². The van der Waals surface area contributed by atoms with Crippen molar-refractivity contribution in [3.8, 4) is 6.07 Å². The summed E-state index contributed by atoms with van der Waals surface area (Å²) in [6.07, 6.45) is 5.28. The Morgan fingerprint density at radius 1 is 1.09 bits per heavy atom. The van der Waals surface area contributed by atoms with Crippen LogP contribution in [0.25, 0.3) is 0 Å². The van der Waals surface area contributed by atoms with Gasteiger partial charge in [0.15, 0.2) is 0 Å². The Hall–Kier alpha value is -2.82. The molecule has 0 unspecified atom stereocenters. The molecule has 0 radical (unpaired) electrons. The molecule has 0 atom stereocenters. The molecule has 2 amide bonds. The van der Waals surface area contributed by atoms with E-state index >= 15 is 0 Å². The van der Waals surface area contributed by atoms with Gasteiger partial charge in [-0.1, -0.05) is 36.6 Å². The topological polar surface area (TPSA) is 81.4 Å². The summed E-state index contributed by atoms with van der Waals surface area (Å²) in [7, 11) is 0. The van der Waals surface area contributed by atoms with Gasteiger partial charge in [-0.05, 0) is 50.8 Å². The minimum absolute atomic E-state index is 0.0732. The molecule has 2 aliphatic rings. The lowest BCUT2D eigenvalue weighted by molar-refractivity contribution is -0.117. The summed E-state index contributed by atoms with van der Waals surface area (Å²) in [5.74, 6) is 0.440. The highest BCUT2D eigenvalue weighted by Gasteiger charge is 2.28. The number of nitriles is 1. The van der Waals surface area contributed by atoms with Gasteiger partial charge in [-0.2, -0.15) is 5.26 Å². The number of hydrogen-bond acceptors (Lipinski definition) is 4. The largest absolute Gasteiger partial charge is 0.337 e. The van der Waals surface area contributed by atoms with E-state index in [9.17, 15) is 14.9 Å². The molecular formula is C26H32ClN5O2. The van der Waals surface area contributed by atoms with E-state index < -0.39 is 0 Å². The van der Waals surface area contributed by atoms with E-state index in [-0.39, 0.29) is 18.4 Å². The number of carbonyl (C=O) groups excluding carboxylic acids is 2. The number of aromatic nitrogens is 1. The fourth-order valence-electron chi connectivity index (χ4n) is 5.22. The molecule has 4 rings (SSSR count). The van der Waals surface area contributed by atoms with E-state index in [0.717, 1.165) is 37.1 Å². The number of anilines is 1. The van der Waals surface area contributed by atoms with Gasteiger partial charge < -0.3 is 14.8 Å². The number of amides is 2. The lowest BCUT2D eigenvalue weighted by atomic mass is 10.2. The lowest BCUT2D eigenvalue weighted by Crippen LogP contribution is -2.38. The van der Waals surface area contributed by atoms with Gasteiger partial charge >= 0.3 is 0 Å². The molecule has 7 nitrogen and oxygen atoms in total. The van der Waals surface area contributed by atoms with Gasteiger partial charge in [0, 0.05) is 37.9 Å². The minimum atomic E-state index is -0.126. The number of rotatable bonds is 5. The van der Waals surface area contributed by atoms with Gasteiger partial charge in [0.05, 0.1) is 22.7 Å². The average molecular weight is 482 g/mol. The summed E-state index contributed by atoms with van der Waals surface area (Å²) < 4.78 is 2.17. The number of benzene rings is 1. The first-order valence-electron chi connectivity index (χ1n) is 12.1. The third kappa shape index (κ3) is 4.98. The summed E-state index contributed by atoms with van der Waals surface area (Å²) in [4.78, 5) is 29.9. The molecule has 2 heterocycles. The maximum absolute atomic E-state index is 13.1. The second kappa shape index (κ2) is 10.6. The third-order valence-corrected chi connectivity index (χ3v) is 7.49. The number of nitrogens with one attached hydrogen (secondary N) is 1. The van der Waals surface area contributed by atoms with Crippen LogP contribution in [0.2, 0.25) is 5.02 Å². The number of carbonyl (C=O) groups is 2. The van der Waals surface area contributed by atoms with Crippen molar-refractivity contribution >= 4 is 29.2 Å². The predicted molar refractivity (Wildman–Crippen MR) is 133 cm³/mol. The van der Waals surface area contributed by atoms with Crippen molar-refractivity contribution in [1.82, 2.24) is 14.4 Å². The molecule has 1 saturated carbocycles. The number of hydrogen-bond donors (Lipinski definition) is 1. The zero-order valence-corrected chi connectivity index (χ0v) is 20.7. The summed E-state index contributed by atoms with van der Waals surface area (Å²) in [5.41, 5.74) is 3.07. The van der Waals surface area contributed by atoms with Crippen LogP contribution in [0.4, 0.5) is 5.82 Å². The van der Waals surface area contributed by atoms with Crippen LogP contribution in [0.5, 0.6) is 0 Å². The Morgan fingerprint density at radius 3 is 2.53 bits per heavy atom. The van der Waals surface area contributed by atoms with E-state index in [0.29, 0.717) is 47.6 Å². The monoisotopic (exact) mass is 481 g/mol. The molecule has 1 N–H and O–H groups in total. The fourth-order valence-corrected chi connectivity index (χ4v) is 5.43. The SMILES string of the molecule is Cc1c(C#N)c(NC(=O)CN2CCCN(C(=O)c3ccccc3Cl)CC2)n(C2CCCC2)c1C. The molecular weight excluding hydrogens is 450 g/mol. The zero-order chi connectivity index (χ0) is 24.2. The predicted octanol–water partition coefficient (Wildman–Crippen LogP) is 4.53. The molecule has 1 aliphatic carbocycles. The van der Waals surface area contributed by atoms with Gasteiger partial charge in [-0.25, -0.2) is 0 Å². The molecule has 1 aromatic heterocycles. The second-order valence-electron chi connectivity index (χ2n) is 9.30. The smallest absolute Gasteiger partial charge is 0.255 e. The van der Waals surface area contributed by atoms with Gasteiger partial charge in [-0.15, -0.1) is 0 Å². The van der Waals surface area contributed by atoms with E-state index in [1.165, 1.54) is 12.8 Å². The van der Waals surface area contributed by atoms with Crippen LogP contribution < -0.4 is 5.32 Å². The first-order chi connectivity index (χ1) is 16.4. The molecule has 2 fully saturated rings. The van der Waals surface area contributed by atoms with Crippen LogP contribution >= 0.6 is 11.6 Å². The summed E-state index contributed by atoms with van der Waals surface area (Å²) in [5, 5.41) is 13.3. The highest BCUT2D eigenvalue weighted by molar-refractivity contribution is 6.33. The van der Waals surface area contributed by atoms with E-state index in [1.54, 1.807) is 12.1 Å². The highest BCUT2D eigenvalue weighted by atomic mass is 35.5. The van der Waals surface area contributed by atoms with Crippen LogP contribution in [-0.4, -0.2) is 58.9 Å². The van der Waals surface area contributed by atoms with Crippen LogP contribution in [0.3, 0.4) is 0 Å². The molecule has 1 aliphatic heterocycles. The first-order valence-corrected chi connectivity index (χ1v) is 12.5. The van der Waals surface area contributed by atoms with Crippen molar-refractivity contribution in [2.45, 2.75) is 52.0 Å². The number of halogens is 1. The van der Waals surface area contributed by atoms with Crippen LogP contribution in [0, 0.1) is 25.2 Å². The summed E-state index contributed by atoms with van der Waals surface area (Å²) in [6, 6.07) is 9.73. The van der Waals surface area contributed by atoms with Gasteiger partial charge in [0.1, 0.15) is 11.9 Å². The standard InChI is InChI=1S/C26H32ClN5O2/c1-18-19(2)32(20-8-3-4-9-20)25(22(18)16-28)29-24(33)17-30-12-7-13-31(15-14-30)26(34)21-10-5-6-11-23(21)27/h5-6,10-11,20H,3-4,7-9,12-15,17H2,1-2H3,(H,29,33). The van der Waals surface area contributed by atoms with E-state index in [2.05, 4.69) is 20.9 Å². The van der Waals surface area contributed by atoms with Crippen molar-refractivity contribution in [1.29, 1.82) is 5.26 Å². The van der Waals surface area contributed by atoms with Crippen molar-refractivity contribution in [2.75, 3.05) is 38.0 Å². The van der Waals surface area contributed by atoms with Crippen LogP contribution in [0.15, 0.2) is 24.3 Å². The van der Waals surface area contributed by atoms with Crippen LogP contribution in [0.1, 0.15) is 65.3 Å². The molecule has 2 aromatic rings. The van der Waals surface area contributed by atoms with Crippen molar-refractivity contribution in [3.63, 3.8) is 0 Å². The highest BCUT2D eigenvalue weighted by Crippen LogP contribution is 2.37. The Labute approximate surface area is 206 Å². The zero-order valence-electron chi connectivity index (χ0n) is 19.9. The van der Waals surface area contributed by atoms with Crippen molar-refractivity contribution in [2.24, 2.45) is 0 Å². The molecule has 1 aromatic carbocycles. The van der Waals surface area contributed by atoms with E-state index in [1.807, 2.05) is 30.9 Å². The van der Waals surface area contributed by atoms with Crippen molar-refractivity contribution < 1.29 is 9.59 Å². The molecule has 8 heteroatoms. The maximum Gasteiger partial charge on any atom is 0.255 e. The number of nitrogens with zero attached hydrogens (tertiary/aromatic N) is 4. The molecule has 180 valence electrons. The fraction of sp³-hybridized carbons (Fsp3) is 0.500. The average Bonchev–Trinajstić information content (AvgIpc) is 3.34. The minimum Gasteiger partial charge on any atom is -0.337 e. The van der Waals surface area contributed by atoms with Crippen molar-refractivity contribution in [3.05, 3.63) is 51.7 Å². The first kappa shape index (κ1) is 24.3.